The molecule has 0 radical (unpaired) electrons. The van der Waals surface area contributed by atoms with Crippen molar-refractivity contribution in [1.82, 2.24) is 0 Å². The molecular weight excluding hydrogens is 212 g/mol. The molecule has 0 unspecified atom stereocenters. The van der Waals surface area contributed by atoms with Crippen LogP contribution >= 0.6 is 0 Å². The number of nitrogens with zero attached hydrogens (tertiary/aromatic N) is 1. The zero-order chi connectivity index (χ0) is 12.0. The van der Waals surface area contributed by atoms with E-state index >= 15 is 0 Å². The molecule has 1 rings (SSSR count). The highest BCUT2D eigenvalue weighted by Crippen LogP contribution is 2.11. The second kappa shape index (κ2) is 5.84. The van der Waals surface area contributed by atoms with Crippen LogP contribution in [-0.4, -0.2) is 23.9 Å². The van der Waals surface area contributed by atoms with Crippen LogP contribution in [-0.2, 0) is 21.1 Å². The van der Waals surface area contributed by atoms with Gasteiger partial charge in [0.2, 0.25) is 0 Å². The quantitative estimate of drug-likeness (QED) is 0.561. The number of aliphatic carboxylic acids is 1. The van der Waals surface area contributed by atoms with Crippen molar-refractivity contribution >= 4 is 11.7 Å². The molecule has 0 saturated heterocycles. The van der Waals surface area contributed by atoms with Crippen LogP contribution < -0.4 is 5.90 Å². The summed E-state index contributed by atoms with van der Waals surface area (Å²) in [6.07, 6.45) is 0. The molecule has 3 N–H and O–H groups in total. The van der Waals surface area contributed by atoms with E-state index < -0.39 is 5.97 Å². The standard InChI is InChI=1S/C10H12N2O4/c1-15-12-9(10(13)14)8-5-3-2-4-7(8)6-16-11/h2-5H,6,11H2,1H3,(H,13,14)/b12-9-. The maximum Gasteiger partial charge on any atom is 0.358 e. The van der Waals surface area contributed by atoms with Gasteiger partial charge in [-0.05, 0) is 5.56 Å². The van der Waals surface area contributed by atoms with Crippen molar-refractivity contribution in [3.05, 3.63) is 35.4 Å². The number of oxime groups is 1. The number of carboxylic acids is 1. The zero-order valence-electron chi connectivity index (χ0n) is 8.71. The highest BCUT2D eigenvalue weighted by atomic mass is 16.6. The molecule has 6 nitrogen and oxygen atoms in total. The lowest BCUT2D eigenvalue weighted by Gasteiger charge is -2.07. The Labute approximate surface area is 92.2 Å². The van der Waals surface area contributed by atoms with Gasteiger partial charge in [-0.2, -0.15) is 0 Å². The number of benzene rings is 1. The number of hydrogen-bond donors (Lipinski definition) is 2. The van der Waals surface area contributed by atoms with Gasteiger partial charge in [0.1, 0.15) is 7.11 Å². The van der Waals surface area contributed by atoms with Crippen molar-refractivity contribution in [3.8, 4) is 0 Å². The van der Waals surface area contributed by atoms with Crippen LogP contribution in [0, 0.1) is 0 Å². The molecule has 0 aromatic heterocycles. The topological polar surface area (TPSA) is 94.1 Å². The fraction of sp³-hybridized carbons (Fsp3) is 0.200. The SMILES string of the molecule is CO/N=C(\C(=O)O)c1ccccc1CON. The lowest BCUT2D eigenvalue weighted by atomic mass is 10.0. The highest BCUT2D eigenvalue weighted by molar-refractivity contribution is 6.42. The molecule has 0 spiro atoms. The van der Waals surface area contributed by atoms with Gasteiger partial charge in [-0.15, -0.1) is 0 Å². The Hall–Kier alpha value is -1.92. The summed E-state index contributed by atoms with van der Waals surface area (Å²) in [7, 11) is 1.28. The van der Waals surface area contributed by atoms with Gasteiger partial charge in [0.15, 0.2) is 5.71 Å². The maximum atomic E-state index is 11.0. The first-order valence-electron chi connectivity index (χ1n) is 4.45. The Kier molecular flexibility index (Phi) is 4.43. The molecule has 0 aliphatic rings. The third-order valence-corrected chi connectivity index (χ3v) is 1.90. The first kappa shape index (κ1) is 12.2. The summed E-state index contributed by atoms with van der Waals surface area (Å²) >= 11 is 0. The normalized spacial score (nSPS) is 11.2. The van der Waals surface area contributed by atoms with Gasteiger partial charge in [0, 0.05) is 5.56 Å². The molecule has 0 atom stereocenters. The molecular formula is C10H12N2O4. The first-order chi connectivity index (χ1) is 7.70. The largest absolute Gasteiger partial charge is 0.476 e. The molecule has 0 amide bonds. The fourth-order valence-corrected chi connectivity index (χ4v) is 1.26. The van der Waals surface area contributed by atoms with E-state index in [9.17, 15) is 4.79 Å². The molecule has 0 aliphatic heterocycles. The summed E-state index contributed by atoms with van der Waals surface area (Å²) in [5, 5.41) is 12.4. The number of carbonyl (C=O) groups is 1. The van der Waals surface area contributed by atoms with Crippen molar-refractivity contribution in [2.75, 3.05) is 7.11 Å². The van der Waals surface area contributed by atoms with Crippen LogP contribution in [0.5, 0.6) is 0 Å². The van der Waals surface area contributed by atoms with Crippen molar-refractivity contribution in [1.29, 1.82) is 0 Å². The van der Waals surface area contributed by atoms with Gasteiger partial charge >= 0.3 is 5.97 Å². The van der Waals surface area contributed by atoms with Gasteiger partial charge < -0.3 is 9.94 Å². The summed E-state index contributed by atoms with van der Waals surface area (Å²) < 4.78 is 0. The second-order valence-electron chi connectivity index (χ2n) is 2.90. The minimum absolute atomic E-state index is 0.103. The third-order valence-electron chi connectivity index (χ3n) is 1.90. The summed E-state index contributed by atoms with van der Waals surface area (Å²) in [6, 6.07) is 6.77. The summed E-state index contributed by atoms with van der Waals surface area (Å²) in [4.78, 5) is 19.9. The predicted octanol–water partition coefficient (Wildman–Crippen LogP) is 0.512. The van der Waals surface area contributed by atoms with Gasteiger partial charge in [-0.3, -0.25) is 4.84 Å². The van der Waals surface area contributed by atoms with Crippen LogP contribution in [0.2, 0.25) is 0 Å². The number of carboxylic acid groups (broad SMARTS) is 1. The van der Waals surface area contributed by atoms with E-state index in [1.165, 1.54) is 7.11 Å². The second-order valence-corrected chi connectivity index (χ2v) is 2.90. The monoisotopic (exact) mass is 224 g/mol. The Balaban J connectivity index is 3.18. The van der Waals surface area contributed by atoms with E-state index in [0.717, 1.165) is 0 Å². The molecule has 0 heterocycles. The highest BCUT2D eigenvalue weighted by Gasteiger charge is 2.16. The van der Waals surface area contributed by atoms with Crippen molar-refractivity contribution in [3.63, 3.8) is 0 Å². The number of rotatable bonds is 5. The van der Waals surface area contributed by atoms with Gasteiger partial charge in [0.25, 0.3) is 0 Å². The molecule has 1 aromatic rings. The molecule has 86 valence electrons. The Morgan fingerprint density at radius 3 is 2.75 bits per heavy atom. The number of hydrogen-bond acceptors (Lipinski definition) is 5. The van der Waals surface area contributed by atoms with E-state index in [2.05, 4.69) is 14.8 Å². The van der Waals surface area contributed by atoms with Crippen LogP contribution in [0.4, 0.5) is 0 Å². The zero-order valence-corrected chi connectivity index (χ0v) is 8.71. The summed E-state index contributed by atoms with van der Waals surface area (Å²) in [6.45, 7) is 0.103. The van der Waals surface area contributed by atoms with Crippen LogP contribution in [0.1, 0.15) is 11.1 Å². The van der Waals surface area contributed by atoms with Gasteiger partial charge in [-0.25, -0.2) is 10.7 Å². The summed E-state index contributed by atoms with van der Waals surface area (Å²) in [5.74, 6) is 3.79. The van der Waals surface area contributed by atoms with Crippen molar-refractivity contribution in [2.45, 2.75) is 6.61 Å². The summed E-state index contributed by atoms with van der Waals surface area (Å²) in [5.41, 5.74) is 0.862. The van der Waals surface area contributed by atoms with E-state index in [-0.39, 0.29) is 12.3 Å². The van der Waals surface area contributed by atoms with E-state index in [1.807, 2.05) is 0 Å². The van der Waals surface area contributed by atoms with Crippen molar-refractivity contribution in [2.24, 2.45) is 11.1 Å². The predicted molar refractivity (Wildman–Crippen MR) is 56.6 cm³/mol. The van der Waals surface area contributed by atoms with Crippen LogP contribution in [0.15, 0.2) is 29.4 Å². The molecule has 6 heteroatoms. The molecule has 16 heavy (non-hydrogen) atoms. The molecule has 1 aromatic carbocycles. The minimum atomic E-state index is -1.17. The van der Waals surface area contributed by atoms with Gasteiger partial charge in [-0.1, -0.05) is 29.4 Å². The van der Waals surface area contributed by atoms with Crippen LogP contribution in [0.3, 0.4) is 0 Å². The third kappa shape index (κ3) is 2.78. The van der Waals surface area contributed by atoms with E-state index in [1.54, 1.807) is 24.3 Å². The van der Waals surface area contributed by atoms with Crippen LogP contribution in [0.25, 0.3) is 0 Å². The lowest BCUT2D eigenvalue weighted by molar-refractivity contribution is -0.129. The van der Waals surface area contributed by atoms with E-state index in [0.29, 0.717) is 11.1 Å². The average molecular weight is 224 g/mol. The maximum absolute atomic E-state index is 11.0. The average Bonchev–Trinajstić information content (AvgIpc) is 2.27. The molecule has 0 aliphatic carbocycles. The Bertz CT molecular complexity index is 404. The molecule has 0 bridgehead atoms. The minimum Gasteiger partial charge on any atom is -0.476 e. The first-order valence-corrected chi connectivity index (χ1v) is 4.45. The molecule has 0 saturated carbocycles. The van der Waals surface area contributed by atoms with E-state index in [4.69, 9.17) is 11.0 Å². The number of nitrogens with two attached hydrogens (primary N) is 1. The molecule has 0 fully saturated rings. The Morgan fingerprint density at radius 1 is 1.50 bits per heavy atom. The smallest absolute Gasteiger partial charge is 0.358 e. The fourth-order valence-electron chi connectivity index (χ4n) is 1.26. The van der Waals surface area contributed by atoms with Crippen molar-refractivity contribution < 1.29 is 19.6 Å². The lowest BCUT2D eigenvalue weighted by Crippen LogP contribution is -2.17. The Morgan fingerprint density at radius 2 is 2.19 bits per heavy atom. The van der Waals surface area contributed by atoms with Gasteiger partial charge in [0.05, 0.1) is 6.61 Å².